The fourth-order valence-electron chi connectivity index (χ4n) is 2.30. The van der Waals surface area contributed by atoms with E-state index in [4.69, 9.17) is 9.47 Å². The van der Waals surface area contributed by atoms with Crippen LogP contribution >= 0.6 is 0 Å². The van der Waals surface area contributed by atoms with Crippen LogP contribution in [0.25, 0.3) is 0 Å². The highest BCUT2D eigenvalue weighted by Crippen LogP contribution is 2.30. The van der Waals surface area contributed by atoms with Crippen molar-refractivity contribution in [1.29, 1.82) is 0 Å². The molecule has 3 N–H and O–H groups in total. The third kappa shape index (κ3) is 3.45. The summed E-state index contributed by atoms with van der Waals surface area (Å²) in [5, 5.41) is 29.0. The van der Waals surface area contributed by atoms with E-state index in [1.165, 1.54) is 7.11 Å². The SMILES string of the molecule is COCC(O)COc1cccc2c1C[C@H](O)[C@H](O)C2. The molecule has 1 aliphatic carbocycles. The van der Waals surface area contributed by atoms with E-state index in [2.05, 4.69) is 0 Å². The summed E-state index contributed by atoms with van der Waals surface area (Å²) in [6.45, 7) is 0.360. The summed E-state index contributed by atoms with van der Waals surface area (Å²) in [6.07, 6.45) is -1.37. The third-order valence-corrected chi connectivity index (χ3v) is 3.31. The van der Waals surface area contributed by atoms with E-state index in [9.17, 15) is 15.3 Å². The second-order valence-corrected chi connectivity index (χ2v) is 4.86. The summed E-state index contributed by atoms with van der Waals surface area (Å²) in [5.41, 5.74) is 1.89. The van der Waals surface area contributed by atoms with E-state index < -0.39 is 18.3 Å². The summed E-state index contributed by atoms with van der Waals surface area (Å²) in [5.74, 6) is 0.651. The van der Waals surface area contributed by atoms with Crippen LogP contribution in [0.4, 0.5) is 0 Å². The van der Waals surface area contributed by atoms with Crippen LogP contribution in [-0.2, 0) is 17.6 Å². The molecule has 1 aromatic carbocycles. The molecule has 5 nitrogen and oxygen atoms in total. The average molecular weight is 268 g/mol. The second kappa shape index (κ2) is 6.34. The lowest BCUT2D eigenvalue weighted by Crippen LogP contribution is -2.35. The fraction of sp³-hybridized carbons (Fsp3) is 0.571. The molecule has 0 amide bonds. The van der Waals surface area contributed by atoms with Gasteiger partial charge in [0.25, 0.3) is 0 Å². The molecule has 0 saturated carbocycles. The molecule has 0 bridgehead atoms. The van der Waals surface area contributed by atoms with Crippen molar-refractivity contribution in [1.82, 2.24) is 0 Å². The molecular weight excluding hydrogens is 248 g/mol. The molecule has 3 atom stereocenters. The summed E-state index contributed by atoms with van der Waals surface area (Å²) in [6, 6.07) is 5.58. The minimum absolute atomic E-state index is 0.142. The molecule has 5 heteroatoms. The number of aliphatic hydroxyl groups excluding tert-OH is 3. The third-order valence-electron chi connectivity index (χ3n) is 3.31. The number of benzene rings is 1. The summed E-state index contributed by atoms with van der Waals surface area (Å²) in [7, 11) is 1.52. The number of hydrogen-bond acceptors (Lipinski definition) is 5. The Bertz CT molecular complexity index is 420. The Hall–Kier alpha value is -1.14. The first-order chi connectivity index (χ1) is 9.11. The minimum atomic E-state index is -0.763. The first-order valence-electron chi connectivity index (χ1n) is 6.38. The Kier molecular flexibility index (Phi) is 4.76. The first kappa shape index (κ1) is 14.3. The molecule has 2 rings (SSSR count). The Morgan fingerprint density at radius 3 is 2.68 bits per heavy atom. The molecule has 0 aliphatic heterocycles. The van der Waals surface area contributed by atoms with Crippen LogP contribution in [0, 0.1) is 0 Å². The van der Waals surface area contributed by atoms with Crippen LogP contribution in [0.1, 0.15) is 11.1 Å². The quantitative estimate of drug-likeness (QED) is 0.694. The van der Waals surface area contributed by atoms with Crippen molar-refractivity contribution in [2.24, 2.45) is 0 Å². The van der Waals surface area contributed by atoms with Crippen LogP contribution in [-0.4, -0.2) is 54.0 Å². The van der Waals surface area contributed by atoms with Gasteiger partial charge in [-0.1, -0.05) is 12.1 Å². The fourth-order valence-corrected chi connectivity index (χ4v) is 2.30. The predicted octanol–water partition coefficient (Wildman–Crippen LogP) is -0.107. The van der Waals surface area contributed by atoms with E-state index in [1.807, 2.05) is 18.2 Å². The average Bonchev–Trinajstić information content (AvgIpc) is 2.38. The van der Waals surface area contributed by atoms with Crippen LogP contribution in [0.5, 0.6) is 5.75 Å². The lowest BCUT2D eigenvalue weighted by Gasteiger charge is -2.27. The molecule has 0 radical (unpaired) electrons. The maximum atomic E-state index is 9.74. The number of fused-ring (bicyclic) bond motifs is 1. The zero-order chi connectivity index (χ0) is 13.8. The maximum absolute atomic E-state index is 9.74. The molecule has 0 aromatic heterocycles. The van der Waals surface area contributed by atoms with Gasteiger partial charge in [0.15, 0.2) is 0 Å². The highest BCUT2D eigenvalue weighted by molar-refractivity contribution is 5.43. The van der Waals surface area contributed by atoms with Crippen molar-refractivity contribution >= 4 is 0 Å². The zero-order valence-corrected chi connectivity index (χ0v) is 11.0. The van der Waals surface area contributed by atoms with E-state index >= 15 is 0 Å². The molecule has 0 fully saturated rings. The number of methoxy groups -OCH3 is 1. The standard InChI is InChI=1S/C14H20O5/c1-18-7-10(15)8-19-14-4-2-3-9-5-12(16)13(17)6-11(9)14/h2-4,10,12-13,15-17H,5-8H2,1H3/t10?,12-,13+/m1/s1. The summed E-state index contributed by atoms with van der Waals surface area (Å²) >= 11 is 0. The largest absolute Gasteiger partial charge is 0.491 e. The van der Waals surface area contributed by atoms with E-state index in [1.54, 1.807) is 0 Å². The van der Waals surface area contributed by atoms with Crippen molar-refractivity contribution < 1.29 is 24.8 Å². The van der Waals surface area contributed by atoms with Gasteiger partial charge in [-0.25, -0.2) is 0 Å². The molecule has 1 unspecified atom stereocenters. The minimum Gasteiger partial charge on any atom is -0.491 e. The molecule has 1 aromatic rings. The van der Waals surface area contributed by atoms with Gasteiger partial charge in [-0.2, -0.15) is 0 Å². The highest BCUT2D eigenvalue weighted by atomic mass is 16.5. The maximum Gasteiger partial charge on any atom is 0.123 e. The van der Waals surface area contributed by atoms with Crippen LogP contribution in [0.3, 0.4) is 0 Å². The lowest BCUT2D eigenvalue weighted by atomic mass is 9.87. The molecule has 0 heterocycles. The molecular formula is C14H20O5. The van der Waals surface area contributed by atoms with Gasteiger partial charge in [0, 0.05) is 25.5 Å². The van der Waals surface area contributed by atoms with Gasteiger partial charge in [0.05, 0.1) is 18.8 Å². The van der Waals surface area contributed by atoms with Crippen molar-refractivity contribution in [2.75, 3.05) is 20.3 Å². The van der Waals surface area contributed by atoms with Crippen molar-refractivity contribution in [3.63, 3.8) is 0 Å². The Morgan fingerprint density at radius 1 is 1.21 bits per heavy atom. The summed E-state index contributed by atoms with van der Waals surface area (Å²) in [4.78, 5) is 0. The topological polar surface area (TPSA) is 79.2 Å². The highest BCUT2D eigenvalue weighted by Gasteiger charge is 2.27. The predicted molar refractivity (Wildman–Crippen MR) is 69.2 cm³/mol. The normalized spacial score (nSPS) is 23.8. The van der Waals surface area contributed by atoms with E-state index in [0.717, 1.165) is 11.1 Å². The van der Waals surface area contributed by atoms with Gasteiger partial charge in [0.1, 0.15) is 18.5 Å². The van der Waals surface area contributed by atoms with Gasteiger partial charge in [0.2, 0.25) is 0 Å². The molecule has 0 saturated heterocycles. The summed E-state index contributed by atoms with van der Waals surface area (Å²) < 4.78 is 10.4. The van der Waals surface area contributed by atoms with E-state index in [0.29, 0.717) is 18.6 Å². The number of rotatable bonds is 5. The van der Waals surface area contributed by atoms with Crippen molar-refractivity contribution in [3.8, 4) is 5.75 Å². The Morgan fingerprint density at radius 2 is 1.95 bits per heavy atom. The van der Waals surface area contributed by atoms with Crippen LogP contribution < -0.4 is 4.74 Å². The molecule has 0 spiro atoms. The van der Waals surface area contributed by atoms with Crippen LogP contribution in [0.15, 0.2) is 18.2 Å². The zero-order valence-electron chi connectivity index (χ0n) is 11.0. The molecule has 19 heavy (non-hydrogen) atoms. The van der Waals surface area contributed by atoms with Gasteiger partial charge in [-0.3, -0.25) is 0 Å². The monoisotopic (exact) mass is 268 g/mol. The lowest BCUT2D eigenvalue weighted by molar-refractivity contribution is 0.0121. The number of hydrogen-bond donors (Lipinski definition) is 3. The van der Waals surface area contributed by atoms with Gasteiger partial charge < -0.3 is 24.8 Å². The molecule has 106 valence electrons. The van der Waals surface area contributed by atoms with Crippen molar-refractivity contribution in [3.05, 3.63) is 29.3 Å². The number of ether oxygens (including phenoxy) is 2. The van der Waals surface area contributed by atoms with E-state index in [-0.39, 0.29) is 13.2 Å². The number of aliphatic hydroxyl groups is 3. The Balaban J connectivity index is 2.08. The van der Waals surface area contributed by atoms with Gasteiger partial charge in [-0.05, 0) is 11.6 Å². The van der Waals surface area contributed by atoms with Crippen molar-refractivity contribution in [2.45, 2.75) is 31.2 Å². The first-order valence-corrected chi connectivity index (χ1v) is 6.38. The molecule has 1 aliphatic rings. The van der Waals surface area contributed by atoms with Gasteiger partial charge in [-0.15, -0.1) is 0 Å². The Labute approximate surface area is 112 Å². The smallest absolute Gasteiger partial charge is 0.123 e. The van der Waals surface area contributed by atoms with Crippen LogP contribution in [0.2, 0.25) is 0 Å². The second-order valence-electron chi connectivity index (χ2n) is 4.86. The van der Waals surface area contributed by atoms with Gasteiger partial charge >= 0.3 is 0 Å².